The Hall–Kier alpha value is -1.85. The molecular weight excluding hydrogens is 316 g/mol. The average Bonchev–Trinajstić information content (AvgIpc) is 3.29. The van der Waals surface area contributed by atoms with Gasteiger partial charge < -0.3 is 14.4 Å². The second-order valence-corrected chi connectivity index (χ2v) is 7.97. The topological polar surface area (TPSA) is 58.4 Å². The summed E-state index contributed by atoms with van der Waals surface area (Å²) in [5.41, 5.74) is -0.319. The van der Waals surface area contributed by atoms with E-state index in [1.54, 1.807) is 23.3 Å². The van der Waals surface area contributed by atoms with Crippen LogP contribution in [0.25, 0.3) is 0 Å². The molecule has 6 nitrogen and oxygen atoms in total. The van der Waals surface area contributed by atoms with E-state index in [4.69, 9.17) is 0 Å². The summed E-state index contributed by atoms with van der Waals surface area (Å²) in [6.07, 6.45) is 14.1. The molecule has 0 bridgehead atoms. The van der Waals surface area contributed by atoms with Crippen LogP contribution in [0.2, 0.25) is 0 Å². The summed E-state index contributed by atoms with van der Waals surface area (Å²) in [6, 6.07) is 0.439. The minimum Gasteiger partial charge on any atom is -0.340 e. The van der Waals surface area contributed by atoms with E-state index in [-0.39, 0.29) is 11.3 Å². The number of carbonyl (C=O) groups is 2. The Morgan fingerprint density at radius 2 is 2.00 bits per heavy atom. The lowest BCUT2D eigenvalue weighted by Crippen LogP contribution is -2.54. The number of likely N-dealkylation sites (tertiary alicyclic amines) is 2. The first kappa shape index (κ1) is 16.6. The Labute approximate surface area is 149 Å². The number of rotatable bonds is 3. The van der Waals surface area contributed by atoms with E-state index in [0.29, 0.717) is 31.6 Å². The van der Waals surface area contributed by atoms with Crippen molar-refractivity contribution in [2.45, 2.75) is 64.0 Å². The number of carbonyl (C=O) groups excluding carboxylic acids is 2. The first-order valence-electron chi connectivity index (χ1n) is 9.73. The number of amides is 2. The highest BCUT2D eigenvalue weighted by molar-refractivity contribution is 5.86. The second kappa shape index (κ2) is 6.81. The average molecular weight is 344 g/mol. The number of imidazole rings is 1. The molecule has 2 amide bonds. The molecule has 1 atom stereocenters. The first-order valence-corrected chi connectivity index (χ1v) is 9.73. The van der Waals surface area contributed by atoms with Crippen LogP contribution in [0.1, 0.15) is 51.4 Å². The maximum atomic E-state index is 13.3. The second-order valence-electron chi connectivity index (χ2n) is 7.97. The monoisotopic (exact) mass is 344 g/mol. The van der Waals surface area contributed by atoms with Gasteiger partial charge in [0.15, 0.2) is 0 Å². The predicted molar refractivity (Wildman–Crippen MR) is 93.7 cm³/mol. The maximum Gasteiger partial charge on any atom is 0.242 e. The van der Waals surface area contributed by atoms with Gasteiger partial charge in [-0.1, -0.05) is 19.3 Å². The molecule has 0 unspecified atom stereocenters. The summed E-state index contributed by atoms with van der Waals surface area (Å²) in [7, 11) is 0. The number of hydrogen-bond donors (Lipinski definition) is 0. The van der Waals surface area contributed by atoms with E-state index in [2.05, 4.69) is 9.88 Å². The molecule has 1 spiro atoms. The lowest BCUT2D eigenvalue weighted by Gasteiger charge is -2.44. The van der Waals surface area contributed by atoms with E-state index < -0.39 is 0 Å². The maximum absolute atomic E-state index is 13.3. The van der Waals surface area contributed by atoms with Crippen LogP contribution in [0.4, 0.5) is 0 Å². The summed E-state index contributed by atoms with van der Waals surface area (Å²) in [5, 5.41) is 0. The van der Waals surface area contributed by atoms with Crippen molar-refractivity contribution in [3.05, 3.63) is 18.7 Å². The Morgan fingerprint density at radius 3 is 2.76 bits per heavy atom. The third kappa shape index (κ3) is 3.18. The van der Waals surface area contributed by atoms with Crippen molar-refractivity contribution in [2.24, 2.45) is 5.41 Å². The fourth-order valence-corrected chi connectivity index (χ4v) is 4.94. The van der Waals surface area contributed by atoms with E-state index in [1.165, 1.54) is 19.3 Å². The molecule has 1 saturated carbocycles. The highest BCUT2D eigenvalue weighted by Crippen LogP contribution is 2.42. The van der Waals surface area contributed by atoms with Gasteiger partial charge in [0.1, 0.15) is 6.54 Å². The van der Waals surface area contributed by atoms with Crippen LogP contribution >= 0.6 is 0 Å². The molecule has 4 rings (SSSR count). The Morgan fingerprint density at radius 1 is 1.16 bits per heavy atom. The van der Waals surface area contributed by atoms with Gasteiger partial charge in [-0.2, -0.15) is 0 Å². The molecule has 6 heteroatoms. The SMILES string of the molecule is O=C(Cn1ccnc1)N1CC[C@]2(CCCN(C3CCCCC3)C2=O)C1. The van der Waals surface area contributed by atoms with Gasteiger partial charge in [0.05, 0.1) is 11.7 Å². The molecular formula is C19H28N4O2. The van der Waals surface area contributed by atoms with Crippen molar-refractivity contribution < 1.29 is 9.59 Å². The number of aromatic nitrogens is 2. The minimum atomic E-state index is -0.319. The fourth-order valence-electron chi connectivity index (χ4n) is 4.94. The summed E-state index contributed by atoms with van der Waals surface area (Å²) in [5.74, 6) is 0.418. The minimum absolute atomic E-state index is 0.0949. The Kier molecular flexibility index (Phi) is 4.52. The van der Waals surface area contributed by atoms with Crippen LogP contribution in [-0.2, 0) is 16.1 Å². The highest BCUT2D eigenvalue weighted by Gasteiger charge is 2.50. The molecule has 136 valence electrons. The third-order valence-corrected chi connectivity index (χ3v) is 6.37. The molecule has 3 heterocycles. The van der Waals surface area contributed by atoms with Gasteiger partial charge in [-0.3, -0.25) is 9.59 Å². The highest BCUT2D eigenvalue weighted by atomic mass is 16.2. The van der Waals surface area contributed by atoms with Gasteiger partial charge in [-0.05, 0) is 32.1 Å². The van der Waals surface area contributed by atoms with Crippen molar-refractivity contribution in [2.75, 3.05) is 19.6 Å². The van der Waals surface area contributed by atoms with Gasteiger partial charge in [0.2, 0.25) is 11.8 Å². The molecule has 25 heavy (non-hydrogen) atoms. The lowest BCUT2D eigenvalue weighted by molar-refractivity contribution is -0.149. The van der Waals surface area contributed by atoms with Crippen LogP contribution in [0.3, 0.4) is 0 Å². The van der Waals surface area contributed by atoms with Crippen molar-refractivity contribution in [1.82, 2.24) is 19.4 Å². The van der Waals surface area contributed by atoms with Gasteiger partial charge >= 0.3 is 0 Å². The number of piperidine rings is 1. The van der Waals surface area contributed by atoms with Crippen LogP contribution in [0.5, 0.6) is 0 Å². The molecule has 0 radical (unpaired) electrons. The molecule has 2 saturated heterocycles. The largest absolute Gasteiger partial charge is 0.340 e. The summed E-state index contributed by atoms with van der Waals surface area (Å²) in [6.45, 7) is 2.53. The van der Waals surface area contributed by atoms with Gasteiger partial charge in [0.25, 0.3) is 0 Å². The summed E-state index contributed by atoms with van der Waals surface area (Å²) < 4.78 is 1.80. The molecule has 0 N–H and O–H groups in total. The normalized spacial score (nSPS) is 28.1. The van der Waals surface area contributed by atoms with Crippen LogP contribution < -0.4 is 0 Å². The van der Waals surface area contributed by atoms with Crippen molar-refractivity contribution in [1.29, 1.82) is 0 Å². The van der Waals surface area contributed by atoms with Crippen LogP contribution in [-0.4, -0.2) is 56.8 Å². The van der Waals surface area contributed by atoms with Crippen molar-refractivity contribution in [3.63, 3.8) is 0 Å². The quantitative estimate of drug-likeness (QED) is 0.843. The number of hydrogen-bond acceptors (Lipinski definition) is 3. The standard InChI is InChI=1S/C19H28N4O2/c24-17(13-21-12-9-20-15-21)22-11-8-19(14-22)7-4-10-23(18(19)25)16-5-2-1-3-6-16/h9,12,15-16H,1-8,10-11,13-14H2/t19-/m1/s1. The van der Waals surface area contributed by atoms with E-state index in [0.717, 1.165) is 38.6 Å². The summed E-state index contributed by atoms with van der Waals surface area (Å²) >= 11 is 0. The molecule has 1 aromatic rings. The zero-order chi connectivity index (χ0) is 17.3. The van der Waals surface area contributed by atoms with Crippen LogP contribution in [0, 0.1) is 5.41 Å². The third-order valence-electron chi connectivity index (χ3n) is 6.37. The zero-order valence-corrected chi connectivity index (χ0v) is 14.9. The smallest absolute Gasteiger partial charge is 0.242 e. The van der Waals surface area contributed by atoms with E-state index >= 15 is 0 Å². The van der Waals surface area contributed by atoms with Gasteiger partial charge in [0, 0.05) is 38.1 Å². The van der Waals surface area contributed by atoms with E-state index in [9.17, 15) is 9.59 Å². The zero-order valence-electron chi connectivity index (χ0n) is 14.9. The Balaban J connectivity index is 1.42. The van der Waals surface area contributed by atoms with Gasteiger partial charge in [-0.25, -0.2) is 4.98 Å². The fraction of sp³-hybridized carbons (Fsp3) is 0.737. The molecule has 2 aliphatic heterocycles. The molecule has 3 aliphatic rings. The van der Waals surface area contributed by atoms with Crippen LogP contribution in [0.15, 0.2) is 18.7 Å². The predicted octanol–water partition coefficient (Wildman–Crippen LogP) is 2.06. The molecule has 3 fully saturated rings. The van der Waals surface area contributed by atoms with Crippen molar-refractivity contribution >= 4 is 11.8 Å². The summed E-state index contributed by atoms with van der Waals surface area (Å²) in [4.78, 5) is 33.9. The van der Waals surface area contributed by atoms with E-state index in [1.807, 2.05) is 4.90 Å². The number of nitrogens with zero attached hydrogens (tertiary/aromatic N) is 4. The Bertz CT molecular complexity index is 623. The molecule has 0 aromatic carbocycles. The molecule has 1 aliphatic carbocycles. The van der Waals surface area contributed by atoms with Gasteiger partial charge in [-0.15, -0.1) is 0 Å². The molecule has 1 aromatic heterocycles. The first-order chi connectivity index (χ1) is 12.2. The lowest BCUT2D eigenvalue weighted by atomic mass is 9.77. The van der Waals surface area contributed by atoms with Crippen molar-refractivity contribution in [3.8, 4) is 0 Å².